The maximum atomic E-state index is 11.8. The van der Waals surface area contributed by atoms with Crippen LogP contribution in [-0.2, 0) is 10.0 Å². The van der Waals surface area contributed by atoms with E-state index in [0.29, 0.717) is 31.2 Å². The summed E-state index contributed by atoms with van der Waals surface area (Å²) < 4.78 is 24.4. The number of carbonyl (C=O) groups is 1. The van der Waals surface area contributed by atoms with Gasteiger partial charge < -0.3 is 10.6 Å². The molecule has 0 aromatic carbocycles. The summed E-state index contributed by atoms with van der Waals surface area (Å²) in [6, 6.07) is 3.28. The number of anilines is 1. The molecular weight excluding hydrogens is 304 g/mol. The summed E-state index contributed by atoms with van der Waals surface area (Å²) in [7, 11) is -3.10. The Balaban J connectivity index is 1.74. The largest absolute Gasteiger partial charge is 0.338 e. The fourth-order valence-corrected chi connectivity index (χ4v) is 3.35. The molecule has 2 N–H and O–H groups in total. The van der Waals surface area contributed by atoms with Crippen LogP contribution in [0.3, 0.4) is 0 Å². The Morgan fingerprint density at radius 1 is 1.41 bits per heavy atom. The summed E-state index contributed by atoms with van der Waals surface area (Å²) in [6.45, 7) is 3.46. The Kier molecular flexibility index (Phi) is 5.36. The first kappa shape index (κ1) is 16.7. The van der Waals surface area contributed by atoms with E-state index in [4.69, 9.17) is 0 Å². The van der Waals surface area contributed by atoms with E-state index in [1.165, 1.54) is 10.6 Å². The summed E-state index contributed by atoms with van der Waals surface area (Å²) in [5.74, 6) is 0.308. The second-order valence-electron chi connectivity index (χ2n) is 5.63. The topological polar surface area (TPSA) is 91.4 Å². The van der Waals surface area contributed by atoms with Crippen molar-refractivity contribution in [2.45, 2.75) is 19.8 Å². The van der Waals surface area contributed by atoms with Gasteiger partial charge in [0.05, 0.1) is 6.26 Å². The van der Waals surface area contributed by atoms with E-state index >= 15 is 0 Å². The second-order valence-corrected chi connectivity index (χ2v) is 7.61. The number of hydrogen-bond donors (Lipinski definition) is 2. The van der Waals surface area contributed by atoms with Crippen LogP contribution >= 0.6 is 0 Å². The molecule has 1 fully saturated rings. The number of aromatic nitrogens is 1. The molecule has 0 bridgehead atoms. The molecule has 0 radical (unpaired) electrons. The third-order valence-electron chi connectivity index (χ3n) is 3.75. The van der Waals surface area contributed by atoms with Crippen LogP contribution in [0, 0.1) is 12.8 Å². The molecule has 7 nitrogen and oxygen atoms in total. The van der Waals surface area contributed by atoms with Gasteiger partial charge >= 0.3 is 6.03 Å². The van der Waals surface area contributed by atoms with Crippen LogP contribution in [0.5, 0.6) is 0 Å². The Hall–Kier alpha value is -1.67. The lowest BCUT2D eigenvalue weighted by Gasteiger charge is -2.30. The van der Waals surface area contributed by atoms with E-state index in [0.717, 1.165) is 18.5 Å². The Morgan fingerprint density at radius 2 is 2.09 bits per heavy atom. The molecule has 8 heteroatoms. The third-order valence-corrected chi connectivity index (χ3v) is 5.05. The zero-order valence-electron chi connectivity index (χ0n) is 12.9. The van der Waals surface area contributed by atoms with Crippen LogP contribution in [0.25, 0.3) is 0 Å². The first-order chi connectivity index (χ1) is 10.3. The molecule has 1 aromatic heterocycles. The maximum Gasteiger partial charge on any atom is 0.319 e. The van der Waals surface area contributed by atoms with Gasteiger partial charge in [-0.2, -0.15) is 0 Å². The highest BCUT2D eigenvalue weighted by Crippen LogP contribution is 2.18. The number of nitrogens with one attached hydrogen (secondary N) is 2. The molecular formula is C14H22N4O3S. The number of pyridine rings is 1. The fraction of sp³-hybridized carbons (Fsp3) is 0.571. The van der Waals surface area contributed by atoms with Crippen molar-refractivity contribution in [2.75, 3.05) is 31.2 Å². The summed E-state index contributed by atoms with van der Waals surface area (Å²) in [6.07, 6.45) is 4.41. The van der Waals surface area contributed by atoms with Crippen molar-refractivity contribution < 1.29 is 13.2 Å². The second kappa shape index (κ2) is 7.06. The van der Waals surface area contributed by atoms with E-state index in [9.17, 15) is 13.2 Å². The summed E-state index contributed by atoms with van der Waals surface area (Å²) in [5, 5.41) is 5.59. The minimum absolute atomic E-state index is 0.254. The van der Waals surface area contributed by atoms with Crippen LogP contribution in [0.15, 0.2) is 18.3 Å². The van der Waals surface area contributed by atoms with Crippen LogP contribution in [0.4, 0.5) is 10.5 Å². The lowest BCUT2D eigenvalue weighted by atomic mass is 9.98. The standard InChI is InChI=1S/C14H22N4O3S/c1-11-9-13(3-6-15-11)17-14(19)16-10-12-4-7-18(8-5-12)22(2,20)21/h3,6,9,12H,4-5,7-8,10H2,1-2H3,(H2,15,16,17,19). The van der Waals surface area contributed by atoms with Crippen molar-refractivity contribution in [3.63, 3.8) is 0 Å². The molecule has 1 aromatic rings. The van der Waals surface area contributed by atoms with Crippen molar-refractivity contribution >= 4 is 21.7 Å². The van der Waals surface area contributed by atoms with Gasteiger partial charge in [0.1, 0.15) is 0 Å². The molecule has 0 aliphatic carbocycles. The molecule has 0 saturated carbocycles. The zero-order chi connectivity index (χ0) is 16.2. The SMILES string of the molecule is Cc1cc(NC(=O)NCC2CCN(S(C)(=O)=O)CC2)ccn1. The highest BCUT2D eigenvalue weighted by molar-refractivity contribution is 7.88. The molecule has 0 unspecified atom stereocenters. The van der Waals surface area contributed by atoms with Gasteiger partial charge in [-0.3, -0.25) is 4.98 Å². The highest BCUT2D eigenvalue weighted by atomic mass is 32.2. The third kappa shape index (κ3) is 4.96. The number of nitrogens with zero attached hydrogens (tertiary/aromatic N) is 2. The number of rotatable bonds is 4. The number of sulfonamides is 1. The molecule has 1 saturated heterocycles. The molecule has 2 heterocycles. The quantitative estimate of drug-likeness (QED) is 0.869. The predicted octanol–water partition coefficient (Wildman–Crippen LogP) is 1.18. The van der Waals surface area contributed by atoms with Gasteiger partial charge in [-0.25, -0.2) is 17.5 Å². The van der Waals surface area contributed by atoms with E-state index in [1.807, 2.05) is 6.92 Å². The molecule has 0 atom stereocenters. The normalized spacial score (nSPS) is 17.2. The van der Waals surface area contributed by atoms with Crippen molar-refractivity contribution in [3.05, 3.63) is 24.0 Å². The molecule has 2 amide bonds. The van der Waals surface area contributed by atoms with Gasteiger partial charge in [-0.05, 0) is 37.8 Å². The minimum Gasteiger partial charge on any atom is -0.338 e. The maximum absolute atomic E-state index is 11.8. The summed E-state index contributed by atoms with van der Waals surface area (Å²) in [4.78, 5) is 15.9. The number of carbonyl (C=O) groups excluding carboxylic acids is 1. The van der Waals surface area contributed by atoms with Crippen LogP contribution in [0.2, 0.25) is 0 Å². The van der Waals surface area contributed by atoms with Crippen molar-refractivity contribution in [1.29, 1.82) is 0 Å². The van der Waals surface area contributed by atoms with Crippen molar-refractivity contribution in [2.24, 2.45) is 5.92 Å². The Morgan fingerprint density at radius 3 is 2.68 bits per heavy atom. The molecule has 122 valence electrons. The van der Waals surface area contributed by atoms with Gasteiger partial charge in [-0.15, -0.1) is 0 Å². The average molecular weight is 326 g/mol. The number of piperidine rings is 1. The van der Waals surface area contributed by atoms with Gasteiger partial charge in [0.15, 0.2) is 0 Å². The van der Waals surface area contributed by atoms with E-state index in [1.54, 1.807) is 18.3 Å². The monoisotopic (exact) mass is 326 g/mol. The van der Waals surface area contributed by atoms with Gasteiger partial charge in [0.2, 0.25) is 10.0 Å². The first-order valence-corrected chi connectivity index (χ1v) is 9.12. The number of urea groups is 1. The number of hydrogen-bond acceptors (Lipinski definition) is 4. The van der Waals surface area contributed by atoms with E-state index < -0.39 is 10.0 Å². The zero-order valence-corrected chi connectivity index (χ0v) is 13.7. The average Bonchev–Trinajstić information content (AvgIpc) is 2.45. The van der Waals surface area contributed by atoms with Crippen LogP contribution < -0.4 is 10.6 Å². The molecule has 22 heavy (non-hydrogen) atoms. The van der Waals surface area contributed by atoms with Gasteiger partial charge in [-0.1, -0.05) is 0 Å². The molecule has 2 rings (SSSR count). The molecule has 0 spiro atoms. The first-order valence-electron chi connectivity index (χ1n) is 7.27. The molecule has 1 aliphatic rings. The van der Waals surface area contributed by atoms with Crippen molar-refractivity contribution in [1.82, 2.24) is 14.6 Å². The smallest absolute Gasteiger partial charge is 0.319 e. The van der Waals surface area contributed by atoms with Crippen LogP contribution in [-0.4, -0.2) is 49.6 Å². The lowest BCUT2D eigenvalue weighted by Crippen LogP contribution is -2.41. The van der Waals surface area contributed by atoms with E-state index in [-0.39, 0.29) is 6.03 Å². The minimum atomic E-state index is -3.10. The van der Waals surface area contributed by atoms with Crippen LogP contribution in [0.1, 0.15) is 18.5 Å². The summed E-state index contributed by atoms with van der Waals surface area (Å²) in [5.41, 5.74) is 1.54. The van der Waals surface area contributed by atoms with Crippen molar-refractivity contribution in [3.8, 4) is 0 Å². The lowest BCUT2D eigenvalue weighted by molar-refractivity contribution is 0.241. The Labute approximate surface area is 131 Å². The number of amides is 2. The van der Waals surface area contributed by atoms with Gasteiger partial charge in [0, 0.05) is 37.2 Å². The number of aryl methyl sites for hydroxylation is 1. The van der Waals surface area contributed by atoms with E-state index in [2.05, 4.69) is 15.6 Å². The molecule has 1 aliphatic heterocycles. The predicted molar refractivity (Wildman–Crippen MR) is 85.1 cm³/mol. The van der Waals surface area contributed by atoms with Gasteiger partial charge in [0.25, 0.3) is 0 Å². The summed E-state index contributed by atoms with van der Waals surface area (Å²) >= 11 is 0. The highest BCUT2D eigenvalue weighted by Gasteiger charge is 2.24. The fourth-order valence-electron chi connectivity index (χ4n) is 2.48. The Bertz CT molecular complexity index is 625.